The van der Waals surface area contributed by atoms with Gasteiger partial charge >= 0.3 is 0 Å². The first-order valence-corrected chi connectivity index (χ1v) is 5.66. The molecule has 15 heavy (non-hydrogen) atoms. The molecule has 0 aromatic heterocycles. The summed E-state index contributed by atoms with van der Waals surface area (Å²) in [4.78, 5) is 11.6. The summed E-state index contributed by atoms with van der Waals surface area (Å²) in [6.07, 6.45) is 0.638. The van der Waals surface area contributed by atoms with Crippen molar-refractivity contribution in [1.29, 1.82) is 0 Å². The predicted molar refractivity (Wildman–Crippen MR) is 65.8 cm³/mol. The summed E-state index contributed by atoms with van der Waals surface area (Å²) in [7, 11) is 0. The molecule has 0 spiro atoms. The number of nitrogens with two attached hydrogens (primary N) is 1. The van der Waals surface area contributed by atoms with Crippen molar-refractivity contribution in [3.63, 3.8) is 0 Å². The number of rotatable bonds is 3. The SMILES string of the molecule is CCC(N)C(=O)Nc1cc(Br)ccc1C. The van der Waals surface area contributed by atoms with Crippen LogP contribution in [0.4, 0.5) is 5.69 Å². The highest BCUT2D eigenvalue weighted by atomic mass is 79.9. The van der Waals surface area contributed by atoms with Gasteiger partial charge in [0.25, 0.3) is 0 Å². The Labute approximate surface area is 98.2 Å². The zero-order valence-corrected chi connectivity index (χ0v) is 10.5. The molecule has 0 heterocycles. The Morgan fingerprint density at radius 1 is 1.60 bits per heavy atom. The molecule has 0 bridgehead atoms. The van der Waals surface area contributed by atoms with Gasteiger partial charge in [-0.25, -0.2) is 0 Å². The van der Waals surface area contributed by atoms with Gasteiger partial charge in [0, 0.05) is 10.2 Å². The van der Waals surface area contributed by atoms with Gasteiger partial charge in [-0.3, -0.25) is 4.79 Å². The Hall–Kier alpha value is -0.870. The van der Waals surface area contributed by atoms with Gasteiger partial charge in [0.2, 0.25) is 5.91 Å². The minimum atomic E-state index is -0.441. The molecule has 1 aromatic carbocycles. The molecule has 1 atom stereocenters. The van der Waals surface area contributed by atoms with Gasteiger partial charge in [0.05, 0.1) is 6.04 Å². The zero-order valence-electron chi connectivity index (χ0n) is 8.88. The summed E-state index contributed by atoms with van der Waals surface area (Å²) in [5.41, 5.74) is 7.46. The first kappa shape index (κ1) is 12.2. The van der Waals surface area contributed by atoms with E-state index in [1.54, 1.807) is 0 Å². The standard InChI is InChI=1S/C11H15BrN2O/c1-3-9(13)11(15)14-10-6-8(12)5-4-7(10)2/h4-6,9H,3,13H2,1-2H3,(H,14,15). The Bertz CT molecular complexity index is 366. The molecule has 3 nitrogen and oxygen atoms in total. The summed E-state index contributed by atoms with van der Waals surface area (Å²) in [6, 6.07) is 5.31. The van der Waals surface area contributed by atoms with Gasteiger partial charge < -0.3 is 11.1 Å². The Morgan fingerprint density at radius 2 is 2.27 bits per heavy atom. The van der Waals surface area contributed by atoms with Crippen LogP contribution in [0, 0.1) is 6.92 Å². The Morgan fingerprint density at radius 3 is 2.87 bits per heavy atom. The van der Waals surface area contributed by atoms with Crippen LogP contribution in [0.3, 0.4) is 0 Å². The molecule has 3 N–H and O–H groups in total. The second-order valence-corrected chi connectivity index (χ2v) is 4.38. The molecule has 1 rings (SSSR count). The minimum Gasteiger partial charge on any atom is -0.324 e. The van der Waals surface area contributed by atoms with E-state index < -0.39 is 6.04 Å². The molecule has 4 heteroatoms. The quantitative estimate of drug-likeness (QED) is 0.887. The van der Waals surface area contributed by atoms with Crippen molar-refractivity contribution in [1.82, 2.24) is 0 Å². The number of amides is 1. The van der Waals surface area contributed by atoms with Gasteiger partial charge in [-0.2, -0.15) is 0 Å². The number of aryl methyl sites for hydroxylation is 1. The number of benzene rings is 1. The van der Waals surface area contributed by atoms with Crippen molar-refractivity contribution in [3.05, 3.63) is 28.2 Å². The van der Waals surface area contributed by atoms with Crippen LogP contribution in [0.5, 0.6) is 0 Å². The fraction of sp³-hybridized carbons (Fsp3) is 0.364. The molecule has 1 aromatic rings. The van der Waals surface area contributed by atoms with Crippen LogP contribution in [-0.4, -0.2) is 11.9 Å². The molecule has 0 radical (unpaired) electrons. The predicted octanol–water partition coefficient (Wildman–Crippen LogP) is 2.43. The highest BCUT2D eigenvalue weighted by molar-refractivity contribution is 9.10. The lowest BCUT2D eigenvalue weighted by Crippen LogP contribution is -2.34. The van der Waals surface area contributed by atoms with E-state index in [1.807, 2.05) is 32.0 Å². The normalized spacial score (nSPS) is 12.3. The van der Waals surface area contributed by atoms with Crippen LogP contribution in [0.2, 0.25) is 0 Å². The Kier molecular flexibility index (Phi) is 4.29. The summed E-state index contributed by atoms with van der Waals surface area (Å²) >= 11 is 3.36. The number of hydrogen-bond acceptors (Lipinski definition) is 2. The minimum absolute atomic E-state index is 0.140. The number of hydrogen-bond donors (Lipinski definition) is 2. The van der Waals surface area contributed by atoms with Crippen molar-refractivity contribution in [2.75, 3.05) is 5.32 Å². The van der Waals surface area contributed by atoms with Gasteiger partial charge in [-0.05, 0) is 31.0 Å². The summed E-state index contributed by atoms with van der Waals surface area (Å²) < 4.78 is 0.938. The second kappa shape index (κ2) is 5.28. The van der Waals surface area contributed by atoms with Crippen LogP contribution in [-0.2, 0) is 4.79 Å². The van der Waals surface area contributed by atoms with Gasteiger partial charge in [-0.15, -0.1) is 0 Å². The number of anilines is 1. The van der Waals surface area contributed by atoms with Crippen LogP contribution in [0.1, 0.15) is 18.9 Å². The smallest absolute Gasteiger partial charge is 0.241 e. The van der Waals surface area contributed by atoms with Crippen molar-refractivity contribution in [2.45, 2.75) is 26.3 Å². The van der Waals surface area contributed by atoms with E-state index in [-0.39, 0.29) is 5.91 Å². The summed E-state index contributed by atoms with van der Waals surface area (Å²) in [5, 5.41) is 2.81. The number of carbonyl (C=O) groups excluding carboxylic acids is 1. The first-order chi connectivity index (χ1) is 7.04. The first-order valence-electron chi connectivity index (χ1n) is 4.87. The van der Waals surface area contributed by atoms with E-state index >= 15 is 0 Å². The average molecular weight is 271 g/mol. The molecule has 1 unspecified atom stereocenters. The summed E-state index contributed by atoms with van der Waals surface area (Å²) in [5.74, 6) is -0.140. The lowest BCUT2D eigenvalue weighted by atomic mass is 10.2. The molecule has 0 saturated heterocycles. The average Bonchev–Trinajstić information content (AvgIpc) is 2.22. The molecule has 0 aliphatic carbocycles. The number of halogens is 1. The topological polar surface area (TPSA) is 55.1 Å². The zero-order chi connectivity index (χ0) is 11.4. The van der Waals surface area contributed by atoms with Gasteiger partial charge in [0.1, 0.15) is 0 Å². The van der Waals surface area contributed by atoms with Gasteiger partial charge in [-0.1, -0.05) is 28.9 Å². The van der Waals surface area contributed by atoms with Crippen molar-refractivity contribution < 1.29 is 4.79 Å². The van der Waals surface area contributed by atoms with Crippen LogP contribution in [0.15, 0.2) is 22.7 Å². The maximum atomic E-state index is 11.6. The molecule has 0 aliphatic heterocycles. The third-order valence-electron chi connectivity index (χ3n) is 2.23. The number of carbonyl (C=O) groups is 1. The third-order valence-corrected chi connectivity index (χ3v) is 2.73. The summed E-state index contributed by atoms with van der Waals surface area (Å²) in [6.45, 7) is 3.83. The molecular weight excluding hydrogens is 256 g/mol. The highest BCUT2D eigenvalue weighted by Gasteiger charge is 2.11. The van der Waals surface area contributed by atoms with E-state index in [0.717, 1.165) is 15.7 Å². The van der Waals surface area contributed by atoms with Crippen LogP contribution in [0.25, 0.3) is 0 Å². The van der Waals surface area contributed by atoms with E-state index in [2.05, 4.69) is 21.2 Å². The highest BCUT2D eigenvalue weighted by Crippen LogP contribution is 2.20. The van der Waals surface area contributed by atoms with Crippen LogP contribution >= 0.6 is 15.9 Å². The fourth-order valence-electron chi connectivity index (χ4n) is 1.14. The molecule has 0 aliphatic rings. The van der Waals surface area contributed by atoms with Gasteiger partial charge in [0.15, 0.2) is 0 Å². The second-order valence-electron chi connectivity index (χ2n) is 3.46. The molecule has 0 fully saturated rings. The van der Waals surface area contributed by atoms with E-state index in [9.17, 15) is 4.79 Å². The lowest BCUT2D eigenvalue weighted by molar-refractivity contribution is -0.117. The van der Waals surface area contributed by atoms with Crippen molar-refractivity contribution in [2.24, 2.45) is 5.73 Å². The number of nitrogens with one attached hydrogen (secondary N) is 1. The lowest BCUT2D eigenvalue weighted by Gasteiger charge is -2.12. The molecule has 0 saturated carbocycles. The maximum absolute atomic E-state index is 11.6. The maximum Gasteiger partial charge on any atom is 0.241 e. The van der Waals surface area contributed by atoms with E-state index in [1.165, 1.54) is 0 Å². The molecule has 82 valence electrons. The van der Waals surface area contributed by atoms with E-state index in [0.29, 0.717) is 6.42 Å². The fourth-order valence-corrected chi connectivity index (χ4v) is 1.50. The van der Waals surface area contributed by atoms with E-state index in [4.69, 9.17) is 5.73 Å². The molecule has 1 amide bonds. The van der Waals surface area contributed by atoms with Crippen molar-refractivity contribution >= 4 is 27.5 Å². The molecular formula is C11H15BrN2O. The Balaban J connectivity index is 2.80. The monoisotopic (exact) mass is 270 g/mol. The third kappa shape index (κ3) is 3.32. The largest absolute Gasteiger partial charge is 0.324 e. The van der Waals surface area contributed by atoms with Crippen molar-refractivity contribution in [3.8, 4) is 0 Å². The van der Waals surface area contributed by atoms with Crippen LogP contribution < -0.4 is 11.1 Å².